The van der Waals surface area contributed by atoms with E-state index in [2.05, 4.69) is 48.2 Å². The van der Waals surface area contributed by atoms with Gasteiger partial charge in [0, 0.05) is 37.9 Å². The molecule has 0 aromatic carbocycles. The molecule has 1 fully saturated rings. The lowest BCUT2D eigenvalue weighted by atomic mass is 10.0. The van der Waals surface area contributed by atoms with Crippen LogP contribution in [0.15, 0.2) is 30.2 Å². The topological polar surface area (TPSA) is 58.0 Å². The summed E-state index contributed by atoms with van der Waals surface area (Å²) in [5, 5.41) is 2.08. The maximum absolute atomic E-state index is 4.53. The molecule has 1 aliphatic rings. The van der Waals surface area contributed by atoms with Crippen molar-refractivity contribution in [2.24, 2.45) is 0 Å². The summed E-state index contributed by atoms with van der Waals surface area (Å²) in [7, 11) is 2.13. The molecule has 4 rings (SSSR count). The predicted octanol–water partition coefficient (Wildman–Crippen LogP) is 2.89. The van der Waals surface area contributed by atoms with Gasteiger partial charge in [-0.05, 0) is 31.2 Å². The van der Waals surface area contributed by atoms with Crippen molar-refractivity contribution in [1.82, 2.24) is 19.9 Å². The van der Waals surface area contributed by atoms with E-state index in [9.17, 15) is 0 Å². The number of anilines is 2. The van der Waals surface area contributed by atoms with Crippen LogP contribution in [-0.2, 0) is 0 Å². The fourth-order valence-electron chi connectivity index (χ4n) is 3.29. The highest BCUT2D eigenvalue weighted by Crippen LogP contribution is 2.30. The molecule has 1 aliphatic heterocycles. The lowest BCUT2D eigenvalue weighted by Gasteiger charge is -2.37. The van der Waals surface area contributed by atoms with Crippen LogP contribution in [-0.4, -0.2) is 46.1 Å². The number of nitrogens with zero attached hydrogens (tertiary/aromatic N) is 6. The van der Waals surface area contributed by atoms with E-state index < -0.39 is 0 Å². The molecule has 0 unspecified atom stereocenters. The minimum atomic E-state index is 0.496. The second-order valence-electron chi connectivity index (χ2n) is 6.18. The Morgan fingerprint density at radius 2 is 1.92 bits per heavy atom. The van der Waals surface area contributed by atoms with Gasteiger partial charge in [0.2, 0.25) is 0 Å². The van der Waals surface area contributed by atoms with Gasteiger partial charge in [-0.1, -0.05) is 0 Å². The molecule has 6 nitrogen and oxygen atoms in total. The van der Waals surface area contributed by atoms with Crippen molar-refractivity contribution >= 4 is 33.2 Å². The lowest BCUT2D eigenvalue weighted by molar-refractivity contribution is 0.478. The molecular weight excluding hydrogens is 320 g/mol. The first-order valence-electron chi connectivity index (χ1n) is 8.17. The molecule has 124 valence electrons. The molecule has 0 spiro atoms. The highest BCUT2D eigenvalue weighted by Gasteiger charge is 2.25. The number of fused-ring (bicyclic) bond motifs is 1. The fourth-order valence-corrected chi connectivity index (χ4v) is 4.15. The van der Waals surface area contributed by atoms with Gasteiger partial charge in [0.1, 0.15) is 24.3 Å². The summed E-state index contributed by atoms with van der Waals surface area (Å²) in [6.07, 6.45) is 5.50. The first kappa shape index (κ1) is 15.3. The molecule has 24 heavy (non-hydrogen) atoms. The molecule has 0 radical (unpaired) electrons. The van der Waals surface area contributed by atoms with E-state index >= 15 is 0 Å². The lowest BCUT2D eigenvalue weighted by Crippen LogP contribution is -2.44. The summed E-state index contributed by atoms with van der Waals surface area (Å²) >= 11 is 1.72. The second kappa shape index (κ2) is 6.32. The zero-order chi connectivity index (χ0) is 16.5. The van der Waals surface area contributed by atoms with Crippen LogP contribution in [0.1, 0.15) is 18.5 Å². The monoisotopic (exact) mass is 340 g/mol. The molecule has 0 saturated carbocycles. The van der Waals surface area contributed by atoms with Crippen LogP contribution in [0.25, 0.3) is 10.2 Å². The number of piperidine rings is 1. The molecule has 0 amide bonds. The largest absolute Gasteiger partial charge is 0.356 e. The minimum absolute atomic E-state index is 0.496. The van der Waals surface area contributed by atoms with Crippen LogP contribution in [0.5, 0.6) is 0 Å². The third-order valence-corrected chi connectivity index (χ3v) is 5.59. The molecule has 1 saturated heterocycles. The van der Waals surface area contributed by atoms with Gasteiger partial charge < -0.3 is 9.80 Å². The average molecular weight is 340 g/mol. The van der Waals surface area contributed by atoms with Crippen LogP contribution in [0.2, 0.25) is 0 Å². The number of hydrogen-bond donors (Lipinski definition) is 0. The van der Waals surface area contributed by atoms with Crippen LogP contribution in [0.4, 0.5) is 11.6 Å². The van der Waals surface area contributed by atoms with Crippen molar-refractivity contribution in [1.29, 1.82) is 0 Å². The smallest absolute Gasteiger partial charge is 0.150 e. The summed E-state index contributed by atoms with van der Waals surface area (Å²) < 4.78 is 1.19. The Hall–Kier alpha value is -2.28. The molecule has 4 heterocycles. The second-order valence-corrected chi connectivity index (χ2v) is 7.10. The van der Waals surface area contributed by atoms with Gasteiger partial charge >= 0.3 is 0 Å². The Morgan fingerprint density at radius 3 is 2.71 bits per heavy atom. The normalized spacial score (nSPS) is 15.8. The van der Waals surface area contributed by atoms with Gasteiger partial charge in [-0.3, -0.25) is 0 Å². The zero-order valence-electron chi connectivity index (χ0n) is 13.9. The summed E-state index contributed by atoms with van der Waals surface area (Å²) in [6.45, 7) is 4.01. The number of aryl methyl sites for hydroxylation is 1. The number of aromatic nitrogens is 4. The van der Waals surface area contributed by atoms with E-state index in [0.29, 0.717) is 6.04 Å². The van der Waals surface area contributed by atoms with Crippen molar-refractivity contribution in [3.05, 3.63) is 35.9 Å². The van der Waals surface area contributed by atoms with Gasteiger partial charge in [0.05, 0.1) is 10.2 Å². The molecule has 0 atom stereocenters. The van der Waals surface area contributed by atoms with Crippen molar-refractivity contribution in [3.63, 3.8) is 0 Å². The first-order chi connectivity index (χ1) is 11.7. The van der Waals surface area contributed by atoms with E-state index in [1.165, 1.54) is 4.70 Å². The quantitative estimate of drug-likeness (QED) is 0.731. The molecule has 0 aliphatic carbocycles. The summed E-state index contributed by atoms with van der Waals surface area (Å²) in [5.74, 6) is 2.08. The Morgan fingerprint density at radius 1 is 1.12 bits per heavy atom. The number of rotatable bonds is 3. The fraction of sp³-hybridized carbons (Fsp3) is 0.412. The van der Waals surface area contributed by atoms with Gasteiger partial charge in [0.15, 0.2) is 0 Å². The maximum Gasteiger partial charge on any atom is 0.150 e. The van der Waals surface area contributed by atoms with Crippen molar-refractivity contribution < 1.29 is 0 Å². The SMILES string of the molecule is Cc1cc(N(C)C2CCN(c3ncnc4ccsc34)CC2)ncn1. The van der Waals surface area contributed by atoms with Crippen molar-refractivity contribution in [2.75, 3.05) is 29.9 Å². The third kappa shape index (κ3) is 2.80. The Bertz CT molecular complexity index is 840. The van der Waals surface area contributed by atoms with Crippen LogP contribution < -0.4 is 9.80 Å². The van der Waals surface area contributed by atoms with E-state index in [4.69, 9.17) is 0 Å². The number of hydrogen-bond acceptors (Lipinski definition) is 7. The van der Waals surface area contributed by atoms with E-state index in [-0.39, 0.29) is 0 Å². The average Bonchev–Trinajstić information content (AvgIpc) is 3.10. The zero-order valence-corrected chi connectivity index (χ0v) is 14.7. The maximum atomic E-state index is 4.53. The van der Waals surface area contributed by atoms with Gasteiger partial charge in [-0.25, -0.2) is 19.9 Å². The van der Waals surface area contributed by atoms with Crippen LogP contribution >= 0.6 is 11.3 Å². The highest BCUT2D eigenvalue weighted by atomic mass is 32.1. The van der Waals surface area contributed by atoms with E-state index in [1.54, 1.807) is 24.0 Å². The Balaban J connectivity index is 1.48. The van der Waals surface area contributed by atoms with Gasteiger partial charge in [0.25, 0.3) is 0 Å². The highest BCUT2D eigenvalue weighted by molar-refractivity contribution is 7.17. The third-order valence-electron chi connectivity index (χ3n) is 4.69. The van der Waals surface area contributed by atoms with Crippen LogP contribution in [0.3, 0.4) is 0 Å². The van der Waals surface area contributed by atoms with E-state index in [0.717, 1.165) is 48.8 Å². The molecule has 3 aromatic heterocycles. The predicted molar refractivity (Wildman–Crippen MR) is 97.8 cm³/mol. The molecule has 0 N–H and O–H groups in total. The number of thiophene rings is 1. The molecular formula is C17H20N6S. The molecule has 0 bridgehead atoms. The minimum Gasteiger partial charge on any atom is -0.356 e. The Labute approximate surface area is 145 Å². The first-order valence-corrected chi connectivity index (χ1v) is 9.05. The van der Waals surface area contributed by atoms with Gasteiger partial charge in [-0.2, -0.15) is 0 Å². The summed E-state index contributed by atoms with van der Waals surface area (Å²) in [6, 6.07) is 4.60. The van der Waals surface area contributed by atoms with Crippen molar-refractivity contribution in [2.45, 2.75) is 25.8 Å². The van der Waals surface area contributed by atoms with Crippen LogP contribution in [0, 0.1) is 6.92 Å². The molecule has 7 heteroatoms. The summed E-state index contributed by atoms with van der Waals surface area (Å²) in [5.41, 5.74) is 2.05. The summed E-state index contributed by atoms with van der Waals surface area (Å²) in [4.78, 5) is 22.1. The van der Waals surface area contributed by atoms with Gasteiger partial charge in [-0.15, -0.1) is 11.3 Å². The van der Waals surface area contributed by atoms with E-state index in [1.807, 2.05) is 13.0 Å². The van der Waals surface area contributed by atoms with Crippen molar-refractivity contribution in [3.8, 4) is 0 Å². The Kier molecular flexibility index (Phi) is 4.02. The molecule has 3 aromatic rings. The standard InChI is InChI=1S/C17H20N6S/c1-12-9-15(20-10-18-12)22(2)13-3-6-23(7-4-13)17-16-14(5-8-24-16)19-11-21-17/h5,8-11,13H,3-4,6-7H2,1-2H3.